The summed E-state index contributed by atoms with van der Waals surface area (Å²) < 4.78 is 30.2. The van der Waals surface area contributed by atoms with E-state index in [4.69, 9.17) is 16.7 Å². The van der Waals surface area contributed by atoms with Crippen molar-refractivity contribution in [1.29, 1.82) is 0 Å². The van der Waals surface area contributed by atoms with Crippen LogP contribution in [0, 0.1) is 0 Å². The fraction of sp³-hybridized carbons (Fsp3) is 0.300. The van der Waals surface area contributed by atoms with Crippen LogP contribution in [0.3, 0.4) is 0 Å². The molecule has 9 heteroatoms. The number of aliphatic hydroxyl groups is 1. The van der Waals surface area contributed by atoms with Gasteiger partial charge in [-0.05, 0) is 47.9 Å². The predicted octanol–water partition coefficient (Wildman–Crippen LogP) is 4.54. The molecule has 3 rings (SSSR count). The lowest BCUT2D eigenvalue weighted by Crippen LogP contribution is -2.37. The number of rotatable bonds is 5. The summed E-state index contributed by atoms with van der Waals surface area (Å²) in [4.78, 5) is 18.4. The largest absolute Gasteiger partial charge is 0.433 e. The molecule has 0 radical (unpaired) electrons. The molecule has 6 nitrogen and oxygen atoms in total. The van der Waals surface area contributed by atoms with E-state index in [1.807, 2.05) is 6.08 Å². The third-order valence-electron chi connectivity index (χ3n) is 4.28. The molecule has 0 fully saturated rings. The molecule has 0 aliphatic carbocycles. The Morgan fingerprint density at radius 1 is 1.38 bits per heavy atom. The molecule has 29 heavy (non-hydrogen) atoms. The molecule has 1 aromatic carbocycles. The van der Waals surface area contributed by atoms with Crippen molar-refractivity contribution in [2.75, 3.05) is 18.4 Å². The van der Waals surface area contributed by atoms with Gasteiger partial charge in [-0.15, -0.1) is 0 Å². The maximum absolute atomic E-state index is 12.9. The van der Waals surface area contributed by atoms with E-state index in [9.17, 15) is 13.6 Å². The first kappa shape index (κ1) is 21.0. The Bertz CT molecular complexity index is 914. The number of halogens is 3. The lowest BCUT2D eigenvalue weighted by atomic mass is 10.0. The average molecular weight is 424 g/mol. The summed E-state index contributed by atoms with van der Waals surface area (Å²) in [6.07, 6.45) is 0.773. The van der Waals surface area contributed by atoms with Crippen LogP contribution < -0.4 is 10.1 Å². The Balaban J connectivity index is 1.60. The van der Waals surface area contributed by atoms with Gasteiger partial charge in [-0.3, -0.25) is 4.98 Å². The fourth-order valence-corrected chi connectivity index (χ4v) is 3.20. The summed E-state index contributed by atoms with van der Waals surface area (Å²) in [6.45, 7) is 1.38. The van der Waals surface area contributed by atoms with Crippen LogP contribution in [0.1, 0.15) is 24.6 Å². The van der Waals surface area contributed by atoms with Gasteiger partial charge in [-0.1, -0.05) is 17.7 Å². The van der Waals surface area contributed by atoms with Crippen LogP contribution in [0.25, 0.3) is 5.57 Å². The van der Waals surface area contributed by atoms with E-state index >= 15 is 0 Å². The number of pyridine rings is 1. The zero-order valence-electron chi connectivity index (χ0n) is 15.7. The number of anilines is 1. The maximum Gasteiger partial charge on any atom is 0.394 e. The van der Waals surface area contributed by atoms with E-state index < -0.39 is 6.11 Å². The number of ether oxygens (including phenoxy) is 1. The molecule has 0 bridgehead atoms. The van der Waals surface area contributed by atoms with Crippen molar-refractivity contribution < 1.29 is 23.4 Å². The van der Waals surface area contributed by atoms with Crippen molar-refractivity contribution >= 4 is 28.9 Å². The summed E-state index contributed by atoms with van der Waals surface area (Å²) in [5.74, 6) is 0.0117. The topological polar surface area (TPSA) is 74.7 Å². The third kappa shape index (κ3) is 5.65. The van der Waals surface area contributed by atoms with Crippen molar-refractivity contribution in [3.05, 3.63) is 58.9 Å². The van der Waals surface area contributed by atoms with Crippen molar-refractivity contribution in [2.45, 2.75) is 26.1 Å². The second-order valence-corrected chi connectivity index (χ2v) is 7.03. The van der Waals surface area contributed by atoms with Crippen LogP contribution in [0.5, 0.6) is 5.75 Å². The van der Waals surface area contributed by atoms with Gasteiger partial charge in [0.2, 0.25) is 0 Å². The second-order valence-electron chi connectivity index (χ2n) is 6.62. The van der Waals surface area contributed by atoms with Crippen LogP contribution >= 0.6 is 11.6 Å². The highest BCUT2D eigenvalue weighted by Gasteiger charge is 2.23. The minimum atomic E-state index is -3.27. The first-order valence-electron chi connectivity index (χ1n) is 8.92. The lowest BCUT2D eigenvalue weighted by Gasteiger charge is -2.27. The SMILES string of the molecule is CC(F)(F)Oc1ccc(NC(=O)N2CC=C(c3ncc(CO)cc3Cl)CC2)cc1. The number of hydrogen-bond donors (Lipinski definition) is 2. The number of urea groups is 1. The number of alkyl halides is 2. The molecule has 0 atom stereocenters. The number of carbonyl (C=O) groups excluding carboxylic acids is 1. The molecule has 2 heterocycles. The van der Waals surface area contributed by atoms with Crippen LogP contribution in [-0.4, -0.2) is 40.2 Å². The Labute approximate surface area is 171 Å². The third-order valence-corrected chi connectivity index (χ3v) is 4.57. The Kier molecular flexibility index (Phi) is 6.34. The molecule has 2 N–H and O–H groups in total. The van der Waals surface area contributed by atoms with Crippen molar-refractivity contribution in [1.82, 2.24) is 9.88 Å². The van der Waals surface area contributed by atoms with Gasteiger partial charge in [0.1, 0.15) is 5.75 Å². The number of nitrogens with one attached hydrogen (secondary N) is 1. The zero-order chi connectivity index (χ0) is 21.0. The number of amides is 2. The minimum Gasteiger partial charge on any atom is -0.433 e. The van der Waals surface area contributed by atoms with Gasteiger partial charge >= 0.3 is 12.1 Å². The normalized spacial score (nSPS) is 14.4. The van der Waals surface area contributed by atoms with Crippen molar-refractivity contribution in [3.8, 4) is 5.75 Å². The van der Waals surface area contributed by atoms with E-state index in [1.165, 1.54) is 24.3 Å². The molecular formula is C20H20ClF2N3O3. The van der Waals surface area contributed by atoms with E-state index in [1.54, 1.807) is 17.2 Å². The van der Waals surface area contributed by atoms with Crippen LogP contribution in [0.15, 0.2) is 42.6 Å². The van der Waals surface area contributed by atoms with E-state index in [0.29, 0.717) is 48.4 Å². The molecule has 1 aliphatic rings. The molecule has 1 aromatic heterocycles. The van der Waals surface area contributed by atoms with Crippen molar-refractivity contribution in [2.24, 2.45) is 0 Å². The predicted molar refractivity (Wildman–Crippen MR) is 106 cm³/mol. The van der Waals surface area contributed by atoms with Crippen LogP contribution in [-0.2, 0) is 6.61 Å². The first-order chi connectivity index (χ1) is 13.7. The van der Waals surface area contributed by atoms with Gasteiger partial charge in [-0.2, -0.15) is 8.78 Å². The Morgan fingerprint density at radius 2 is 2.10 bits per heavy atom. The smallest absolute Gasteiger partial charge is 0.394 e. The van der Waals surface area contributed by atoms with Gasteiger partial charge in [0.25, 0.3) is 0 Å². The quantitative estimate of drug-likeness (QED) is 0.740. The van der Waals surface area contributed by atoms with Gasteiger partial charge in [0.15, 0.2) is 0 Å². The van der Waals surface area contributed by atoms with Crippen LogP contribution in [0.2, 0.25) is 5.02 Å². The minimum absolute atomic E-state index is 0.0117. The molecule has 0 saturated heterocycles. The zero-order valence-corrected chi connectivity index (χ0v) is 16.4. The number of hydrogen-bond acceptors (Lipinski definition) is 4. The molecule has 154 valence electrons. The first-order valence-corrected chi connectivity index (χ1v) is 9.30. The van der Waals surface area contributed by atoms with E-state index in [2.05, 4.69) is 15.0 Å². The van der Waals surface area contributed by atoms with Gasteiger partial charge in [-0.25, -0.2) is 4.79 Å². The van der Waals surface area contributed by atoms with Gasteiger partial charge in [0, 0.05) is 31.9 Å². The lowest BCUT2D eigenvalue weighted by molar-refractivity contribution is -0.158. The molecule has 2 amide bonds. The molecule has 0 unspecified atom stereocenters. The number of carbonyl (C=O) groups is 1. The Hall–Kier alpha value is -2.71. The molecule has 2 aromatic rings. The summed E-state index contributed by atoms with van der Waals surface area (Å²) in [7, 11) is 0. The average Bonchev–Trinajstić information content (AvgIpc) is 2.68. The second kappa shape index (κ2) is 8.75. The number of nitrogens with zero attached hydrogens (tertiary/aromatic N) is 2. The highest BCUT2D eigenvalue weighted by Crippen LogP contribution is 2.28. The number of aromatic nitrogens is 1. The molecular weight excluding hydrogens is 404 g/mol. The van der Waals surface area contributed by atoms with E-state index in [-0.39, 0.29) is 18.4 Å². The molecule has 1 aliphatic heterocycles. The summed E-state index contributed by atoms with van der Waals surface area (Å²) in [5, 5.41) is 12.3. The Morgan fingerprint density at radius 3 is 2.66 bits per heavy atom. The fourth-order valence-electron chi connectivity index (χ4n) is 2.88. The monoisotopic (exact) mass is 423 g/mol. The summed E-state index contributed by atoms with van der Waals surface area (Å²) >= 11 is 6.24. The van der Waals surface area contributed by atoms with Crippen LogP contribution in [0.4, 0.5) is 19.3 Å². The highest BCUT2D eigenvalue weighted by molar-refractivity contribution is 6.32. The maximum atomic E-state index is 12.9. The van der Waals surface area contributed by atoms with Gasteiger partial charge in [0.05, 0.1) is 17.3 Å². The standard InChI is InChI=1S/C20H20ClF2N3O3/c1-20(22,23)29-16-4-2-15(3-5-16)25-19(28)26-8-6-14(7-9-26)18-17(21)10-13(12-27)11-24-18/h2-6,10-11,27H,7-9,12H2,1H3,(H,25,28). The van der Waals surface area contributed by atoms with E-state index in [0.717, 1.165) is 5.57 Å². The van der Waals surface area contributed by atoms with Crippen molar-refractivity contribution in [3.63, 3.8) is 0 Å². The molecule has 0 spiro atoms. The number of benzene rings is 1. The molecule has 0 saturated carbocycles. The highest BCUT2D eigenvalue weighted by atomic mass is 35.5. The summed E-state index contributed by atoms with van der Waals surface area (Å²) in [6, 6.07) is 7.10. The number of aliphatic hydroxyl groups excluding tert-OH is 1. The van der Waals surface area contributed by atoms with Gasteiger partial charge < -0.3 is 20.1 Å². The summed E-state index contributed by atoms with van der Waals surface area (Å²) in [5.41, 5.74) is 2.69.